The largest absolute Gasteiger partial charge is 0.462 e. The second-order valence-electron chi connectivity index (χ2n) is 13.0. The zero-order valence-corrected chi connectivity index (χ0v) is 29.1. The highest BCUT2D eigenvalue weighted by atomic mass is 16.5. The standard InChI is InChI=1S/C37H74N2O4/c1-4-7-10-13-17-22-28-35(29-23-18-14-11-8-5-2)43-37(41)31-24-19-16-21-26-33-39(34-27-30-36(40)38-42)32-25-20-15-12-9-6-3/h35,42H,4-34H2,1-3H3,(H,38,40). The fourth-order valence-electron chi connectivity index (χ4n) is 5.92. The fourth-order valence-corrected chi connectivity index (χ4v) is 5.92. The number of esters is 1. The summed E-state index contributed by atoms with van der Waals surface area (Å²) in [5.74, 6) is -0.284. The Hall–Kier alpha value is -1.14. The minimum atomic E-state index is -0.297. The Labute approximate surface area is 267 Å². The highest BCUT2D eigenvalue weighted by Crippen LogP contribution is 2.18. The van der Waals surface area contributed by atoms with Gasteiger partial charge in [-0.1, -0.05) is 136 Å². The smallest absolute Gasteiger partial charge is 0.306 e. The van der Waals surface area contributed by atoms with E-state index < -0.39 is 0 Å². The Kier molecular flexibility index (Phi) is 32.9. The molecular formula is C37H74N2O4. The molecule has 2 N–H and O–H groups in total. The highest BCUT2D eigenvalue weighted by Gasteiger charge is 2.14. The predicted molar refractivity (Wildman–Crippen MR) is 183 cm³/mol. The summed E-state index contributed by atoms with van der Waals surface area (Å²) in [5, 5.41) is 8.76. The van der Waals surface area contributed by atoms with Crippen LogP contribution in [-0.4, -0.2) is 47.7 Å². The van der Waals surface area contributed by atoms with Crippen LogP contribution in [0.25, 0.3) is 0 Å². The van der Waals surface area contributed by atoms with Gasteiger partial charge >= 0.3 is 5.97 Å². The number of carbonyl (C=O) groups is 2. The van der Waals surface area contributed by atoms with Crippen LogP contribution in [0.15, 0.2) is 0 Å². The molecule has 0 saturated heterocycles. The molecule has 0 aliphatic carbocycles. The molecule has 256 valence electrons. The van der Waals surface area contributed by atoms with E-state index in [2.05, 4.69) is 25.7 Å². The molecule has 0 heterocycles. The van der Waals surface area contributed by atoms with Crippen molar-refractivity contribution in [1.29, 1.82) is 0 Å². The lowest BCUT2D eigenvalue weighted by atomic mass is 10.0. The molecule has 0 unspecified atom stereocenters. The van der Waals surface area contributed by atoms with Gasteiger partial charge in [0.1, 0.15) is 6.10 Å². The number of hydrogen-bond donors (Lipinski definition) is 2. The van der Waals surface area contributed by atoms with Gasteiger partial charge in [-0.25, -0.2) is 5.48 Å². The van der Waals surface area contributed by atoms with Crippen LogP contribution < -0.4 is 5.48 Å². The van der Waals surface area contributed by atoms with Crippen LogP contribution >= 0.6 is 0 Å². The third kappa shape index (κ3) is 30.7. The second-order valence-corrected chi connectivity index (χ2v) is 13.0. The molecule has 0 aromatic heterocycles. The molecule has 0 spiro atoms. The van der Waals surface area contributed by atoms with Crippen molar-refractivity contribution in [2.24, 2.45) is 0 Å². The van der Waals surface area contributed by atoms with Crippen LogP contribution in [0, 0.1) is 0 Å². The Morgan fingerprint density at radius 1 is 0.535 bits per heavy atom. The van der Waals surface area contributed by atoms with Crippen molar-refractivity contribution < 1.29 is 19.5 Å². The first kappa shape index (κ1) is 41.9. The zero-order chi connectivity index (χ0) is 31.6. The van der Waals surface area contributed by atoms with Crippen molar-refractivity contribution in [3.63, 3.8) is 0 Å². The summed E-state index contributed by atoms with van der Waals surface area (Å²) in [6.45, 7) is 9.84. The summed E-state index contributed by atoms with van der Waals surface area (Å²) in [6, 6.07) is 0. The monoisotopic (exact) mass is 611 g/mol. The van der Waals surface area contributed by atoms with Crippen molar-refractivity contribution in [1.82, 2.24) is 10.4 Å². The van der Waals surface area contributed by atoms with Gasteiger partial charge in [0.15, 0.2) is 0 Å². The maximum absolute atomic E-state index is 12.7. The van der Waals surface area contributed by atoms with Crippen LogP contribution in [0.1, 0.15) is 201 Å². The van der Waals surface area contributed by atoms with Crippen LogP contribution in [0.4, 0.5) is 0 Å². The van der Waals surface area contributed by atoms with E-state index in [1.807, 2.05) is 0 Å². The molecule has 43 heavy (non-hydrogen) atoms. The number of amides is 1. The molecule has 6 heteroatoms. The minimum absolute atomic E-state index is 0.0130. The molecule has 0 aromatic rings. The van der Waals surface area contributed by atoms with Crippen LogP contribution in [0.3, 0.4) is 0 Å². The Morgan fingerprint density at radius 3 is 1.40 bits per heavy atom. The van der Waals surface area contributed by atoms with E-state index in [-0.39, 0.29) is 18.0 Å². The third-order valence-electron chi connectivity index (χ3n) is 8.74. The molecule has 0 bridgehead atoms. The molecule has 0 rings (SSSR count). The first-order valence-electron chi connectivity index (χ1n) is 18.9. The molecule has 6 nitrogen and oxygen atoms in total. The van der Waals surface area contributed by atoms with Crippen LogP contribution in [-0.2, 0) is 14.3 Å². The zero-order valence-electron chi connectivity index (χ0n) is 29.1. The highest BCUT2D eigenvalue weighted by molar-refractivity contribution is 5.74. The van der Waals surface area contributed by atoms with Gasteiger partial charge in [0.05, 0.1) is 0 Å². The minimum Gasteiger partial charge on any atom is -0.462 e. The quantitative estimate of drug-likeness (QED) is 0.0328. The molecule has 0 fully saturated rings. The third-order valence-corrected chi connectivity index (χ3v) is 8.74. The number of carbonyl (C=O) groups excluding carboxylic acids is 2. The van der Waals surface area contributed by atoms with Gasteiger partial charge in [-0.3, -0.25) is 14.8 Å². The van der Waals surface area contributed by atoms with Crippen molar-refractivity contribution in [2.45, 2.75) is 207 Å². The van der Waals surface area contributed by atoms with E-state index in [9.17, 15) is 9.59 Å². The maximum Gasteiger partial charge on any atom is 0.306 e. The number of unbranched alkanes of at least 4 members (excludes halogenated alkanes) is 19. The van der Waals surface area contributed by atoms with Crippen molar-refractivity contribution >= 4 is 11.9 Å². The average Bonchev–Trinajstić information content (AvgIpc) is 3.01. The molecule has 0 radical (unpaired) electrons. The van der Waals surface area contributed by atoms with E-state index in [0.29, 0.717) is 12.8 Å². The lowest BCUT2D eigenvalue weighted by Gasteiger charge is -2.22. The Balaban J connectivity index is 4.24. The van der Waals surface area contributed by atoms with Gasteiger partial charge in [0, 0.05) is 12.8 Å². The van der Waals surface area contributed by atoms with Gasteiger partial charge in [-0.2, -0.15) is 0 Å². The number of hydroxylamine groups is 1. The first-order chi connectivity index (χ1) is 21.1. The van der Waals surface area contributed by atoms with E-state index in [0.717, 1.165) is 64.6 Å². The number of nitrogens with zero attached hydrogens (tertiary/aromatic N) is 1. The molecule has 0 aliphatic rings. The van der Waals surface area contributed by atoms with Gasteiger partial charge in [-0.15, -0.1) is 0 Å². The number of hydrogen-bond acceptors (Lipinski definition) is 5. The van der Waals surface area contributed by atoms with E-state index in [1.165, 1.54) is 122 Å². The van der Waals surface area contributed by atoms with E-state index in [1.54, 1.807) is 5.48 Å². The van der Waals surface area contributed by atoms with Gasteiger partial charge in [-0.05, 0) is 71.0 Å². The lowest BCUT2D eigenvalue weighted by Crippen LogP contribution is -2.28. The molecule has 0 aliphatic heterocycles. The Morgan fingerprint density at radius 2 is 0.930 bits per heavy atom. The van der Waals surface area contributed by atoms with Crippen LogP contribution in [0.2, 0.25) is 0 Å². The van der Waals surface area contributed by atoms with Crippen LogP contribution in [0.5, 0.6) is 0 Å². The fraction of sp³-hybridized carbons (Fsp3) is 0.946. The predicted octanol–water partition coefficient (Wildman–Crippen LogP) is 10.7. The van der Waals surface area contributed by atoms with Crippen molar-refractivity contribution in [3.8, 4) is 0 Å². The van der Waals surface area contributed by atoms with Gasteiger partial charge in [0.25, 0.3) is 0 Å². The summed E-state index contributed by atoms with van der Waals surface area (Å²) in [6.07, 6.45) is 32.6. The molecule has 0 aromatic carbocycles. The summed E-state index contributed by atoms with van der Waals surface area (Å²) >= 11 is 0. The summed E-state index contributed by atoms with van der Waals surface area (Å²) in [4.78, 5) is 26.5. The number of nitrogens with one attached hydrogen (secondary N) is 1. The van der Waals surface area contributed by atoms with Crippen molar-refractivity contribution in [3.05, 3.63) is 0 Å². The average molecular weight is 611 g/mol. The first-order valence-corrected chi connectivity index (χ1v) is 18.9. The molecular weight excluding hydrogens is 536 g/mol. The Bertz CT molecular complexity index is 585. The number of rotatable bonds is 34. The van der Waals surface area contributed by atoms with Gasteiger partial charge < -0.3 is 9.64 Å². The maximum atomic E-state index is 12.7. The van der Waals surface area contributed by atoms with Gasteiger partial charge in [0.2, 0.25) is 5.91 Å². The van der Waals surface area contributed by atoms with Crippen molar-refractivity contribution in [2.75, 3.05) is 19.6 Å². The molecule has 1 amide bonds. The lowest BCUT2D eigenvalue weighted by molar-refractivity contribution is -0.150. The SMILES string of the molecule is CCCCCCCCC(CCCCCCCC)OC(=O)CCCCCCCN(CCCCCCCC)CCCC(=O)NO. The summed E-state index contributed by atoms with van der Waals surface area (Å²) in [5.41, 5.74) is 1.74. The molecule has 0 atom stereocenters. The van der Waals surface area contributed by atoms with E-state index >= 15 is 0 Å². The number of ether oxygens (including phenoxy) is 1. The normalized spacial score (nSPS) is 11.5. The second kappa shape index (κ2) is 33.7. The van der Waals surface area contributed by atoms with E-state index in [4.69, 9.17) is 9.94 Å². The molecule has 0 saturated carbocycles. The topological polar surface area (TPSA) is 78.9 Å². The summed E-state index contributed by atoms with van der Waals surface area (Å²) in [7, 11) is 0. The summed E-state index contributed by atoms with van der Waals surface area (Å²) < 4.78 is 6.01.